The van der Waals surface area contributed by atoms with Gasteiger partial charge in [-0.2, -0.15) is 0 Å². The van der Waals surface area contributed by atoms with E-state index in [4.69, 9.17) is 21.1 Å². The van der Waals surface area contributed by atoms with Gasteiger partial charge in [-0.05, 0) is 48.9 Å². The number of carbonyl (C=O) groups is 3. The number of benzene rings is 2. The number of ether oxygens (including phenoxy) is 2. The number of rotatable bonds is 10. The average Bonchev–Trinajstić information content (AvgIpc) is 2.72. The summed E-state index contributed by atoms with van der Waals surface area (Å²) >= 11 is 5.78. The zero-order chi connectivity index (χ0) is 21.2. The van der Waals surface area contributed by atoms with Gasteiger partial charge in [0, 0.05) is 30.6 Å². The summed E-state index contributed by atoms with van der Waals surface area (Å²) in [6, 6.07) is 13.9. The summed E-state index contributed by atoms with van der Waals surface area (Å²) in [5.41, 5.74) is 1.41. The summed E-state index contributed by atoms with van der Waals surface area (Å²) < 4.78 is 10.4. The van der Waals surface area contributed by atoms with E-state index < -0.39 is 5.97 Å². The van der Waals surface area contributed by atoms with Gasteiger partial charge in [0.15, 0.2) is 12.4 Å². The minimum absolute atomic E-state index is 0.0106. The van der Waals surface area contributed by atoms with Crippen molar-refractivity contribution in [2.75, 3.05) is 20.3 Å². The van der Waals surface area contributed by atoms with Crippen LogP contribution >= 0.6 is 11.6 Å². The molecule has 0 unspecified atom stereocenters. The second-order valence-electron chi connectivity index (χ2n) is 6.42. The van der Waals surface area contributed by atoms with E-state index in [2.05, 4.69) is 0 Å². The number of esters is 1. The van der Waals surface area contributed by atoms with Crippen molar-refractivity contribution in [1.82, 2.24) is 4.90 Å². The van der Waals surface area contributed by atoms with Crippen LogP contribution in [0, 0.1) is 0 Å². The predicted molar refractivity (Wildman–Crippen MR) is 110 cm³/mol. The second-order valence-corrected chi connectivity index (χ2v) is 6.85. The molecule has 0 aliphatic rings. The molecule has 0 heterocycles. The van der Waals surface area contributed by atoms with Crippen LogP contribution in [-0.4, -0.2) is 42.8 Å². The van der Waals surface area contributed by atoms with E-state index in [0.717, 1.165) is 11.3 Å². The predicted octanol–water partition coefficient (Wildman–Crippen LogP) is 3.90. The molecule has 0 spiro atoms. The van der Waals surface area contributed by atoms with Gasteiger partial charge in [0.2, 0.25) is 0 Å². The topological polar surface area (TPSA) is 72.9 Å². The lowest BCUT2D eigenvalue weighted by Gasteiger charge is -2.17. The maximum atomic E-state index is 12.2. The molecule has 0 saturated carbocycles. The van der Waals surface area contributed by atoms with Gasteiger partial charge >= 0.3 is 5.97 Å². The molecule has 0 aliphatic heterocycles. The Kier molecular flexibility index (Phi) is 8.68. The first-order valence-electron chi connectivity index (χ1n) is 9.29. The third-order valence-corrected chi connectivity index (χ3v) is 4.41. The van der Waals surface area contributed by atoms with Crippen molar-refractivity contribution in [2.45, 2.75) is 26.3 Å². The van der Waals surface area contributed by atoms with E-state index in [1.54, 1.807) is 31.3 Å². The molecule has 2 aromatic rings. The molecule has 0 aliphatic carbocycles. The summed E-state index contributed by atoms with van der Waals surface area (Å²) in [4.78, 5) is 37.5. The molecule has 7 heteroatoms. The van der Waals surface area contributed by atoms with Crippen molar-refractivity contribution in [2.24, 2.45) is 0 Å². The fourth-order valence-electron chi connectivity index (χ4n) is 2.54. The molecule has 0 atom stereocenters. The maximum absolute atomic E-state index is 12.2. The van der Waals surface area contributed by atoms with Crippen molar-refractivity contribution < 1.29 is 23.9 Å². The SMILES string of the molecule is CCOc1ccc(CN(C)C(=O)COC(=O)CCC(=O)c2ccc(Cl)cc2)cc1. The number of carbonyl (C=O) groups excluding carboxylic acids is 3. The van der Waals surface area contributed by atoms with E-state index >= 15 is 0 Å². The number of hydrogen-bond acceptors (Lipinski definition) is 5. The number of hydrogen-bond donors (Lipinski definition) is 0. The molecule has 2 aromatic carbocycles. The Hall–Kier alpha value is -2.86. The Morgan fingerprint density at radius 3 is 2.24 bits per heavy atom. The maximum Gasteiger partial charge on any atom is 0.306 e. The first-order chi connectivity index (χ1) is 13.9. The van der Waals surface area contributed by atoms with Crippen LogP contribution < -0.4 is 4.74 Å². The standard InChI is InChI=1S/C22H24ClNO5/c1-3-28-19-10-4-16(5-11-19)14-24(2)21(26)15-29-22(27)13-12-20(25)17-6-8-18(23)9-7-17/h4-11H,3,12-15H2,1-2H3. The van der Waals surface area contributed by atoms with Gasteiger partial charge in [0.05, 0.1) is 13.0 Å². The van der Waals surface area contributed by atoms with Gasteiger partial charge in [-0.15, -0.1) is 0 Å². The largest absolute Gasteiger partial charge is 0.494 e. The molecule has 29 heavy (non-hydrogen) atoms. The summed E-state index contributed by atoms with van der Waals surface area (Å²) in [7, 11) is 1.64. The Bertz CT molecular complexity index is 833. The Labute approximate surface area is 175 Å². The molecule has 0 N–H and O–H groups in total. The van der Waals surface area contributed by atoms with Crippen LogP contribution in [0.4, 0.5) is 0 Å². The minimum atomic E-state index is -0.588. The van der Waals surface area contributed by atoms with Crippen molar-refractivity contribution in [3.8, 4) is 5.75 Å². The van der Waals surface area contributed by atoms with Crippen LogP contribution in [0.25, 0.3) is 0 Å². The van der Waals surface area contributed by atoms with E-state index in [1.807, 2.05) is 31.2 Å². The number of amides is 1. The van der Waals surface area contributed by atoms with Gasteiger partial charge in [0.1, 0.15) is 5.75 Å². The molecule has 0 aromatic heterocycles. The summed E-state index contributed by atoms with van der Waals surface area (Å²) in [5, 5.41) is 0.536. The number of halogens is 1. The molecule has 0 radical (unpaired) electrons. The lowest BCUT2D eigenvalue weighted by Crippen LogP contribution is -2.30. The highest BCUT2D eigenvalue weighted by molar-refractivity contribution is 6.30. The van der Waals surface area contributed by atoms with Crippen LogP contribution in [0.1, 0.15) is 35.7 Å². The van der Waals surface area contributed by atoms with E-state index in [-0.39, 0.29) is 31.1 Å². The van der Waals surface area contributed by atoms with Crippen molar-refractivity contribution >= 4 is 29.3 Å². The van der Waals surface area contributed by atoms with Crippen LogP contribution in [0.15, 0.2) is 48.5 Å². The molecule has 0 bridgehead atoms. The lowest BCUT2D eigenvalue weighted by molar-refractivity contribution is -0.151. The zero-order valence-corrected chi connectivity index (χ0v) is 17.3. The smallest absolute Gasteiger partial charge is 0.306 e. The van der Waals surface area contributed by atoms with Crippen LogP contribution in [0.2, 0.25) is 5.02 Å². The normalized spacial score (nSPS) is 10.3. The van der Waals surface area contributed by atoms with Crippen LogP contribution in [-0.2, 0) is 20.9 Å². The lowest BCUT2D eigenvalue weighted by atomic mass is 10.1. The molecule has 0 saturated heterocycles. The van der Waals surface area contributed by atoms with Crippen molar-refractivity contribution in [3.05, 3.63) is 64.7 Å². The third kappa shape index (κ3) is 7.58. The van der Waals surface area contributed by atoms with Crippen molar-refractivity contribution in [3.63, 3.8) is 0 Å². The monoisotopic (exact) mass is 417 g/mol. The van der Waals surface area contributed by atoms with E-state index in [0.29, 0.717) is 23.7 Å². The summed E-state index contributed by atoms with van der Waals surface area (Å²) in [6.45, 7) is 2.53. The van der Waals surface area contributed by atoms with E-state index in [9.17, 15) is 14.4 Å². The van der Waals surface area contributed by atoms with Crippen LogP contribution in [0.5, 0.6) is 5.75 Å². The molecule has 154 valence electrons. The van der Waals surface area contributed by atoms with Gasteiger partial charge < -0.3 is 14.4 Å². The molecule has 2 rings (SSSR count). The molecule has 6 nitrogen and oxygen atoms in total. The van der Waals surface area contributed by atoms with Crippen molar-refractivity contribution in [1.29, 1.82) is 0 Å². The van der Waals surface area contributed by atoms with Gasteiger partial charge in [-0.25, -0.2) is 0 Å². The van der Waals surface area contributed by atoms with Gasteiger partial charge in [-0.3, -0.25) is 14.4 Å². The summed E-state index contributed by atoms with van der Waals surface area (Å²) in [6.07, 6.45) is -0.0754. The number of Topliss-reactive ketones (excluding diaryl/α,β-unsaturated/α-hetero) is 1. The Morgan fingerprint density at radius 2 is 1.62 bits per heavy atom. The highest BCUT2D eigenvalue weighted by atomic mass is 35.5. The molecular weight excluding hydrogens is 394 g/mol. The Morgan fingerprint density at radius 1 is 0.966 bits per heavy atom. The first kappa shape index (κ1) is 22.4. The molecular formula is C22H24ClNO5. The zero-order valence-electron chi connectivity index (χ0n) is 16.5. The average molecular weight is 418 g/mol. The van der Waals surface area contributed by atoms with E-state index in [1.165, 1.54) is 4.90 Å². The fourth-order valence-corrected chi connectivity index (χ4v) is 2.67. The first-order valence-corrected chi connectivity index (χ1v) is 9.67. The second kappa shape index (κ2) is 11.2. The third-order valence-electron chi connectivity index (χ3n) is 4.16. The van der Waals surface area contributed by atoms with Gasteiger partial charge in [-0.1, -0.05) is 23.7 Å². The number of nitrogens with zero attached hydrogens (tertiary/aromatic N) is 1. The fraction of sp³-hybridized carbons (Fsp3) is 0.318. The van der Waals surface area contributed by atoms with Gasteiger partial charge in [0.25, 0.3) is 5.91 Å². The highest BCUT2D eigenvalue weighted by Gasteiger charge is 2.14. The quantitative estimate of drug-likeness (QED) is 0.433. The molecule has 0 fully saturated rings. The molecule has 1 amide bonds. The number of ketones is 1. The Balaban J connectivity index is 1.72. The highest BCUT2D eigenvalue weighted by Crippen LogP contribution is 2.14. The number of likely N-dealkylation sites (N-methyl/N-ethyl adjacent to an activating group) is 1. The minimum Gasteiger partial charge on any atom is -0.494 e. The van der Waals surface area contributed by atoms with Crippen LogP contribution in [0.3, 0.4) is 0 Å². The summed E-state index contributed by atoms with van der Waals surface area (Å²) in [5.74, 6) is -0.323.